The minimum Gasteiger partial charge on any atom is -0.496 e. The van der Waals surface area contributed by atoms with Gasteiger partial charge in [-0.05, 0) is 60.7 Å². The van der Waals surface area contributed by atoms with Crippen molar-refractivity contribution in [2.45, 2.75) is 30.2 Å². The Morgan fingerprint density at radius 2 is 1.96 bits per heavy atom. The molecule has 0 saturated carbocycles. The lowest BCUT2D eigenvalue weighted by Gasteiger charge is -2.26. The Kier molecular flexibility index (Phi) is 5.38. The van der Waals surface area contributed by atoms with Crippen LogP contribution in [0, 0.1) is 0 Å². The lowest BCUT2D eigenvalue weighted by Crippen LogP contribution is -2.31. The number of hydrogen-bond donors (Lipinski definition) is 2. The third-order valence-electron chi connectivity index (χ3n) is 4.67. The summed E-state index contributed by atoms with van der Waals surface area (Å²) in [5.74, 6) is -0.415. The molecule has 1 unspecified atom stereocenters. The van der Waals surface area contributed by atoms with Gasteiger partial charge in [0.15, 0.2) is 0 Å². The molecule has 0 aliphatic heterocycles. The highest BCUT2D eigenvalue weighted by Gasteiger charge is 2.27. The molecule has 27 heavy (non-hydrogen) atoms. The molecule has 0 fully saturated rings. The molecule has 144 valence electrons. The molecule has 8 heteroatoms. The fraction of sp³-hybridized carbons (Fsp3) is 0.316. The number of esters is 1. The maximum atomic E-state index is 12.9. The maximum Gasteiger partial charge on any atom is 0.341 e. The number of nitrogens with one attached hydrogen (secondary N) is 1. The molecule has 0 radical (unpaired) electrons. The number of benzene rings is 2. The monoisotopic (exact) mass is 390 g/mol. The van der Waals surface area contributed by atoms with Crippen molar-refractivity contribution in [2.24, 2.45) is 0 Å². The van der Waals surface area contributed by atoms with Gasteiger partial charge in [-0.3, -0.25) is 0 Å². The van der Waals surface area contributed by atoms with Crippen LogP contribution >= 0.6 is 0 Å². The molecular formula is C19H22N2O5S. The van der Waals surface area contributed by atoms with Crippen LogP contribution in [0.1, 0.15) is 40.4 Å². The topological polar surface area (TPSA) is 108 Å². The molecule has 0 aromatic heterocycles. The van der Waals surface area contributed by atoms with Crippen molar-refractivity contribution >= 4 is 21.7 Å². The van der Waals surface area contributed by atoms with Gasteiger partial charge in [-0.15, -0.1) is 0 Å². The first-order valence-electron chi connectivity index (χ1n) is 8.52. The van der Waals surface area contributed by atoms with E-state index in [2.05, 4.69) is 4.72 Å². The van der Waals surface area contributed by atoms with Gasteiger partial charge in [-0.2, -0.15) is 0 Å². The maximum absolute atomic E-state index is 12.9. The normalized spacial score (nSPS) is 16.4. The number of fused-ring (bicyclic) bond motifs is 1. The molecule has 1 aliphatic carbocycles. The average molecular weight is 390 g/mol. The van der Waals surface area contributed by atoms with Crippen LogP contribution in [0.25, 0.3) is 0 Å². The van der Waals surface area contributed by atoms with Gasteiger partial charge in [-0.1, -0.05) is 6.07 Å². The lowest BCUT2D eigenvalue weighted by atomic mass is 9.88. The first-order chi connectivity index (χ1) is 12.9. The Balaban J connectivity index is 1.94. The second-order valence-electron chi connectivity index (χ2n) is 6.38. The smallest absolute Gasteiger partial charge is 0.341 e. The fourth-order valence-electron chi connectivity index (χ4n) is 3.34. The van der Waals surface area contributed by atoms with Crippen LogP contribution < -0.4 is 15.2 Å². The summed E-state index contributed by atoms with van der Waals surface area (Å²) >= 11 is 0. The Morgan fingerprint density at radius 3 is 2.67 bits per heavy atom. The van der Waals surface area contributed by atoms with Crippen LogP contribution in [-0.4, -0.2) is 28.6 Å². The molecule has 2 aromatic carbocycles. The van der Waals surface area contributed by atoms with E-state index in [4.69, 9.17) is 15.2 Å². The number of rotatable bonds is 5. The molecule has 3 N–H and O–H groups in total. The molecule has 7 nitrogen and oxygen atoms in total. The Bertz CT molecular complexity index is 972. The molecule has 1 atom stereocenters. The van der Waals surface area contributed by atoms with E-state index in [0.29, 0.717) is 12.1 Å². The standard InChI is InChI=1S/C19H22N2O5S/c1-25-18-9-7-14(11-16(18)19(22)26-2)27(23,24)21-17-5-3-4-12-10-13(20)6-8-15(12)17/h6-11,17,21H,3-5,20H2,1-2H3. The van der Waals surface area contributed by atoms with Crippen LogP contribution in [0.4, 0.5) is 5.69 Å². The molecular weight excluding hydrogens is 368 g/mol. The van der Waals surface area contributed by atoms with Gasteiger partial charge in [0.05, 0.1) is 19.1 Å². The number of methoxy groups -OCH3 is 2. The molecule has 0 spiro atoms. The van der Waals surface area contributed by atoms with Crippen LogP contribution in [0.2, 0.25) is 0 Å². The quantitative estimate of drug-likeness (QED) is 0.600. The van der Waals surface area contributed by atoms with Gasteiger partial charge in [-0.25, -0.2) is 17.9 Å². The molecule has 0 saturated heterocycles. The van der Waals surface area contributed by atoms with E-state index < -0.39 is 16.0 Å². The number of aryl methyl sites for hydroxylation is 1. The number of nitrogens with two attached hydrogens (primary N) is 1. The lowest BCUT2D eigenvalue weighted by molar-refractivity contribution is 0.0597. The molecule has 3 rings (SSSR count). The van der Waals surface area contributed by atoms with E-state index in [1.807, 2.05) is 12.1 Å². The summed E-state index contributed by atoms with van der Waals surface area (Å²) in [6, 6.07) is 9.29. The highest BCUT2D eigenvalue weighted by Crippen LogP contribution is 2.32. The van der Waals surface area contributed by atoms with E-state index in [0.717, 1.165) is 24.0 Å². The number of ether oxygens (including phenoxy) is 2. The first kappa shape index (κ1) is 19.2. The Morgan fingerprint density at radius 1 is 1.19 bits per heavy atom. The van der Waals surface area contributed by atoms with Crippen LogP contribution in [0.3, 0.4) is 0 Å². The largest absolute Gasteiger partial charge is 0.496 e. The number of anilines is 1. The van der Waals surface area contributed by atoms with Crippen LogP contribution in [0.15, 0.2) is 41.3 Å². The SMILES string of the molecule is COC(=O)c1cc(S(=O)(=O)NC2CCCc3cc(N)ccc32)ccc1OC. The number of nitrogen functional groups attached to an aromatic ring is 1. The molecule has 0 bridgehead atoms. The van der Waals surface area contributed by atoms with Crippen molar-refractivity contribution in [1.29, 1.82) is 0 Å². The summed E-state index contributed by atoms with van der Waals surface area (Å²) in [7, 11) is -1.22. The highest BCUT2D eigenvalue weighted by molar-refractivity contribution is 7.89. The van der Waals surface area contributed by atoms with Gasteiger partial charge >= 0.3 is 5.97 Å². The summed E-state index contributed by atoms with van der Waals surface area (Å²) < 4.78 is 38.4. The van der Waals surface area contributed by atoms with Crippen molar-refractivity contribution in [1.82, 2.24) is 4.72 Å². The minimum absolute atomic E-state index is 0.0220. The predicted molar refractivity (Wildman–Crippen MR) is 101 cm³/mol. The second-order valence-corrected chi connectivity index (χ2v) is 8.09. The Labute approximate surface area is 158 Å². The molecule has 2 aromatic rings. The van der Waals surface area contributed by atoms with Crippen molar-refractivity contribution < 1.29 is 22.7 Å². The zero-order valence-electron chi connectivity index (χ0n) is 15.2. The number of sulfonamides is 1. The van der Waals surface area contributed by atoms with E-state index in [9.17, 15) is 13.2 Å². The minimum atomic E-state index is -3.85. The number of hydrogen-bond acceptors (Lipinski definition) is 6. The van der Waals surface area contributed by atoms with Crippen LogP contribution in [-0.2, 0) is 21.2 Å². The van der Waals surface area contributed by atoms with Gasteiger partial charge in [0, 0.05) is 11.7 Å². The molecule has 1 aliphatic rings. The van der Waals surface area contributed by atoms with E-state index in [1.54, 1.807) is 6.07 Å². The van der Waals surface area contributed by atoms with E-state index in [1.165, 1.54) is 32.4 Å². The van der Waals surface area contributed by atoms with Crippen LogP contribution in [0.5, 0.6) is 5.75 Å². The summed E-state index contributed by atoms with van der Waals surface area (Å²) in [5, 5.41) is 0. The van der Waals surface area contributed by atoms with Crippen molar-refractivity contribution in [3.05, 3.63) is 53.1 Å². The fourth-order valence-corrected chi connectivity index (χ4v) is 4.61. The number of carbonyl (C=O) groups is 1. The highest BCUT2D eigenvalue weighted by atomic mass is 32.2. The van der Waals surface area contributed by atoms with Gasteiger partial charge in [0.2, 0.25) is 10.0 Å². The van der Waals surface area contributed by atoms with E-state index >= 15 is 0 Å². The average Bonchev–Trinajstić information content (AvgIpc) is 2.66. The summed E-state index contributed by atoms with van der Waals surface area (Å²) in [6.07, 6.45) is 2.42. The Hall–Kier alpha value is -2.58. The van der Waals surface area contributed by atoms with Crippen molar-refractivity contribution in [2.75, 3.05) is 20.0 Å². The molecule has 0 heterocycles. The van der Waals surface area contributed by atoms with Crippen molar-refractivity contribution in [3.8, 4) is 5.75 Å². The zero-order chi connectivity index (χ0) is 19.6. The molecule has 0 amide bonds. The summed E-state index contributed by atoms with van der Waals surface area (Å²) in [4.78, 5) is 11.9. The first-order valence-corrected chi connectivity index (χ1v) is 10.0. The third-order valence-corrected chi connectivity index (χ3v) is 6.13. The zero-order valence-corrected chi connectivity index (χ0v) is 16.0. The van der Waals surface area contributed by atoms with E-state index in [-0.39, 0.29) is 22.3 Å². The number of carbonyl (C=O) groups excluding carboxylic acids is 1. The van der Waals surface area contributed by atoms with Gasteiger partial charge in [0.1, 0.15) is 11.3 Å². The van der Waals surface area contributed by atoms with Gasteiger partial charge in [0.25, 0.3) is 0 Å². The summed E-state index contributed by atoms with van der Waals surface area (Å²) in [6.45, 7) is 0. The van der Waals surface area contributed by atoms with Gasteiger partial charge < -0.3 is 15.2 Å². The predicted octanol–water partition coefficient (Wildman–Crippen LogP) is 2.42. The second kappa shape index (κ2) is 7.58. The summed E-state index contributed by atoms with van der Waals surface area (Å²) in [5.41, 5.74) is 8.54. The third kappa shape index (κ3) is 3.91. The van der Waals surface area contributed by atoms with Crippen molar-refractivity contribution in [3.63, 3.8) is 0 Å².